The monoisotopic (exact) mass is 429 g/mol. The van der Waals surface area contributed by atoms with E-state index >= 15 is 0 Å². The van der Waals surface area contributed by atoms with E-state index < -0.39 is 24.3 Å². The van der Waals surface area contributed by atoms with E-state index in [-0.39, 0.29) is 19.1 Å². The molecule has 168 valence electrons. The van der Waals surface area contributed by atoms with Crippen LogP contribution in [0.2, 0.25) is 0 Å². The van der Waals surface area contributed by atoms with Crippen molar-refractivity contribution in [3.05, 3.63) is 29.8 Å². The van der Waals surface area contributed by atoms with Gasteiger partial charge in [0.2, 0.25) is 0 Å². The van der Waals surface area contributed by atoms with E-state index in [1.54, 1.807) is 7.05 Å². The zero-order valence-corrected chi connectivity index (χ0v) is 18.3. The van der Waals surface area contributed by atoms with Gasteiger partial charge in [0.05, 0.1) is 6.54 Å². The molecule has 3 unspecified atom stereocenters. The number of aryl methyl sites for hydroxylation is 1. The second-order valence-electron chi connectivity index (χ2n) is 8.75. The Balaban J connectivity index is 1.51. The molecule has 0 radical (unpaired) electrons. The molecular formula is C22H31N5O4. The normalized spacial score (nSPS) is 25.3. The van der Waals surface area contributed by atoms with Crippen LogP contribution in [-0.4, -0.2) is 89.3 Å². The standard InChI is InChI=1S/C22H31N5O4/c1-14-8-10-26(11-9-14)21-23-19-18(20(29)24-22(30)25(19)3)27(21)12-16(28)13-31-17-7-5-4-6-15(17)2/h4-7,14,16,18-19,28H,8-13H2,1-3H3,(H,24,29,30). The van der Waals surface area contributed by atoms with Gasteiger partial charge in [-0.1, -0.05) is 25.1 Å². The average Bonchev–Trinajstić information content (AvgIpc) is 3.12. The van der Waals surface area contributed by atoms with Gasteiger partial charge in [0.15, 0.2) is 18.2 Å². The fraction of sp³-hybridized carbons (Fsp3) is 0.591. The zero-order chi connectivity index (χ0) is 22.1. The Morgan fingerprint density at radius 2 is 1.97 bits per heavy atom. The van der Waals surface area contributed by atoms with Gasteiger partial charge in [-0.15, -0.1) is 0 Å². The summed E-state index contributed by atoms with van der Waals surface area (Å²) in [5, 5.41) is 13.2. The van der Waals surface area contributed by atoms with Crippen molar-refractivity contribution in [2.75, 3.05) is 33.3 Å². The first-order chi connectivity index (χ1) is 14.8. The van der Waals surface area contributed by atoms with E-state index in [1.165, 1.54) is 4.90 Å². The number of hydrogen-bond acceptors (Lipinski definition) is 7. The summed E-state index contributed by atoms with van der Waals surface area (Å²) in [4.78, 5) is 35.1. The van der Waals surface area contributed by atoms with E-state index in [4.69, 9.17) is 9.73 Å². The Bertz CT molecular complexity index is 867. The van der Waals surface area contributed by atoms with Gasteiger partial charge in [-0.05, 0) is 37.3 Å². The SMILES string of the molecule is Cc1ccccc1OCC(O)CN1C(N2CCC(C)CC2)=NC2C1C(=O)NC(=O)N2C. The molecule has 9 heteroatoms. The molecular weight excluding hydrogens is 398 g/mol. The zero-order valence-electron chi connectivity index (χ0n) is 18.3. The number of aliphatic imine (C=N–C) groups is 1. The first-order valence-electron chi connectivity index (χ1n) is 10.9. The van der Waals surface area contributed by atoms with Crippen molar-refractivity contribution < 1.29 is 19.4 Å². The Hall–Kier alpha value is -2.81. The number of likely N-dealkylation sites (N-methyl/N-ethyl adjacent to an activating group) is 1. The van der Waals surface area contributed by atoms with Crippen LogP contribution in [0, 0.1) is 12.8 Å². The molecule has 0 bridgehead atoms. The largest absolute Gasteiger partial charge is 0.491 e. The number of para-hydroxylation sites is 1. The Kier molecular flexibility index (Phi) is 6.04. The number of hydrogen-bond donors (Lipinski definition) is 2. The number of β-amino-alcohol motifs (C(OH)–C–C–N with tert-alkyl or cyclic N) is 1. The number of aliphatic hydroxyl groups is 1. The molecule has 0 aliphatic carbocycles. The minimum absolute atomic E-state index is 0.0967. The molecule has 4 rings (SSSR count). The average molecular weight is 430 g/mol. The lowest BCUT2D eigenvalue weighted by Gasteiger charge is -2.39. The molecule has 9 nitrogen and oxygen atoms in total. The first-order valence-corrected chi connectivity index (χ1v) is 10.9. The summed E-state index contributed by atoms with van der Waals surface area (Å²) in [6.07, 6.45) is 0.660. The lowest BCUT2D eigenvalue weighted by molar-refractivity contribution is -0.127. The summed E-state index contributed by atoms with van der Waals surface area (Å²) < 4.78 is 5.81. The number of carbonyl (C=O) groups excluding carboxylic acids is 2. The molecule has 2 saturated heterocycles. The number of nitrogens with one attached hydrogen (secondary N) is 1. The van der Waals surface area contributed by atoms with E-state index in [0.717, 1.165) is 37.2 Å². The lowest BCUT2D eigenvalue weighted by Crippen LogP contribution is -2.65. The van der Waals surface area contributed by atoms with Gasteiger partial charge in [-0.3, -0.25) is 10.1 Å². The third-order valence-corrected chi connectivity index (χ3v) is 6.34. The lowest BCUT2D eigenvalue weighted by atomic mass is 9.99. The first kappa shape index (κ1) is 21.4. The highest BCUT2D eigenvalue weighted by molar-refractivity contribution is 6.03. The summed E-state index contributed by atoms with van der Waals surface area (Å²) in [5.41, 5.74) is 0.993. The van der Waals surface area contributed by atoms with Crippen molar-refractivity contribution in [3.8, 4) is 5.75 Å². The summed E-state index contributed by atoms with van der Waals surface area (Å²) >= 11 is 0. The van der Waals surface area contributed by atoms with Crippen LogP contribution in [0.15, 0.2) is 29.3 Å². The van der Waals surface area contributed by atoms with Crippen LogP contribution in [-0.2, 0) is 4.79 Å². The van der Waals surface area contributed by atoms with Crippen molar-refractivity contribution in [2.45, 2.75) is 45.0 Å². The number of aliphatic hydroxyl groups excluding tert-OH is 1. The van der Waals surface area contributed by atoms with Gasteiger partial charge in [-0.2, -0.15) is 0 Å². The molecule has 3 aliphatic rings. The Morgan fingerprint density at radius 3 is 2.68 bits per heavy atom. The van der Waals surface area contributed by atoms with E-state index in [1.807, 2.05) is 36.1 Å². The smallest absolute Gasteiger partial charge is 0.325 e. The molecule has 2 fully saturated rings. The maximum absolute atomic E-state index is 12.7. The van der Waals surface area contributed by atoms with Crippen LogP contribution in [0.3, 0.4) is 0 Å². The van der Waals surface area contributed by atoms with Gasteiger partial charge in [0.1, 0.15) is 18.5 Å². The minimum Gasteiger partial charge on any atom is -0.491 e. The Morgan fingerprint density at radius 1 is 1.26 bits per heavy atom. The van der Waals surface area contributed by atoms with Crippen molar-refractivity contribution in [3.63, 3.8) is 0 Å². The third kappa shape index (κ3) is 4.32. The summed E-state index contributed by atoms with van der Waals surface area (Å²) in [5.74, 6) is 1.66. The number of carbonyl (C=O) groups is 2. The predicted molar refractivity (Wildman–Crippen MR) is 116 cm³/mol. The number of rotatable bonds is 5. The van der Waals surface area contributed by atoms with Gasteiger partial charge in [0.25, 0.3) is 5.91 Å². The molecule has 3 aliphatic heterocycles. The van der Waals surface area contributed by atoms with Gasteiger partial charge < -0.3 is 24.5 Å². The van der Waals surface area contributed by atoms with Crippen LogP contribution in [0.25, 0.3) is 0 Å². The second-order valence-corrected chi connectivity index (χ2v) is 8.75. The molecule has 3 atom stereocenters. The second kappa shape index (κ2) is 8.74. The van der Waals surface area contributed by atoms with Gasteiger partial charge in [0, 0.05) is 20.1 Å². The van der Waals surface area contributed by atoms with E-state index in [9.17, 15) is 14.7 Å². The van der Waals surface area contributed by atoms with Crippen molar-refractivity contribution in [2.24, 2.45) is 10.9 Å². The van der Waals surface area contributed by atoms with Gasteiger partial charge in [-0.25, -0.2) is 9.79 Å². The Labute approximate surface area is 182 Å². The van der Waals surface area contributed by atoms with Gasteiger partial charge >= 0.3 is 6.03 Å². The van der Waals surface area contributed by atoms with Crippen LogP contribution in [0.5, 0.6) is 5.75 Å². The minimum atomic E-state index is -0.831. The molecule has 1 aromatic carbocycles. The number of urea groups is 1. The van der Waals surface area contributed by atoms with E-state index in [0.29, 0.717) is 11.9 Å². The molecule has 3 amide bonds. The highest BCUT2D eigenvalue weighted by Crippen LogP contribution is 2.28. The number of likely N-dealkylation sites (tertiary alicyclic amines) is 1. The molecule has 0 spiro atoms. The maximum Gasteiger partial charge on any atom is 0.325 e. The third-order valence-electron chi connectivity index (χ3n) is 6.34. The molecule has 3 heterocycles. The van der Waals surface area contributed by atoms with Crippen LogP contribution in [0.4, 0.5) is 4.79 Å². The number of piperidine rings is 1. The summed E-state index contributed by atoms with van der Waals surface area (Å²) in [6.45, 7) is 6.15. The number of guanidine groups is 1. The highest BCUT2D eigenvalue weighted by atomic mass is 16.5. The van der Waals surface area contributed by atoms with Crippen LogP contribution in [0.1, 0.15) is 25.3 Å². The van der Waals surface area contributed by atoms with Crippen LogP contribution < -0.4 is 10.1 Å². The molecule has 0 saturated carbocycles. The number of amides is 3. The van der Waals surface area contributed by atoms with Crippen molar-refractivity contribution >= 4 is 17.9 Å². The van der Waals surface area contributed by atoms with E-state index in [2.05, 4.69) is 17.1 Å². The number of ether oxygens (including phenoxy) is 1. The fourth-order valence-corrected chi connectivity index (χ4v) is 4.36. The predicted octanol–water partition coefficient (Wildman–Crippen LogP) is 1.01. The molecule has 0 aromatic heterocycles. The molecule has 31 heavy (non-hydrogen) atoms. The van der Waals surface area contributed by atoms with Crippen molar-refractivity contribution in [1.82, 2.24) is 20.0 Å². The maximum atomic E-state index is 12.7. The number of benzene rings is 1. The summed E-state index contributed by atoms with van der Waals surface area (Å²) in [7, 11) is 1.64. The van der Waals surface area contributed by atoms with Crippen molar-refractivity contribution in [1.29, 1.82) is 0 Å². The summed E-state index contributed by atoms with van der Waals surface area (Å²) in [6, 6.07) is 6.53. The topological polar surface area (TPSA) is 97.7 Å². The number of fused-ring (bicyclic) bond motifs is 1. The highest BCUT2D eigenvalue weighted by Gasteiger charge is 2.50. The van der Waals surface area contributed by atoms with Crippen LogP contribution >= 0.6 is 0 Å². The fourth-order valence-electron chi connectivity index (χ4n) is 4.36. The molecule has 2 N–H and O–H groups in total. The number of nitrogens with zero attached hydrogens (tertiary/aromatic N) is 4. The molecule has 1 aromatic rings. The number of imide groups is 1. The quantitative estimate of drug-likeness (QED) is 0.725.